The first-order valence-electron chi connectivity index (χ1n) is 6.08. The molecule has 0 amide bonds. The fourth-order valence-electron chi connectivity index (χ4n) is 1.87. The van der Waals surface area contributed by atoms with E-state index in [1.165, 1.54) is 24.3 Å². The molecule has 106 valence electrons. The predicted molar refractivity (Wildman–Crippen MR) is 77.6 cm³/mol. The topological polar surface area (TPSA) is 21.3 Å². The number of nitrogens with one attached hydrogen (secondary N) is 1. The van der Waals surface area contributed by atoms with Crippen molar-refractivity contribution < 1.29 is 13.5 Å². The van der Waals surface area contributed by atoms with Crippen molar-refractivity contribution in [2.24, 2.45) is 0 Å². The van der Waals surface area contributed by atoms with E-state index in [-0.39, 0.29) is 18.2 Å². The van der Waals surface area contributed by atoms with Crippen molar-refractivity contribution in [3.05, 3.63) is 63.6 Å². The number of benzene rings is 2. The molecular weight excluding hydrogens is 328 g/mol. The Morgan fingerprint density at radius 3 is 2.40 bits per heavy atom. The zero-order valence-electron chi connectivity index (χ0n) is 10.9. The molecule has 0 saturated carbocycles. The van der Waals surface area contributed by atoms with Crippen LogP contribution in [0.25, 0.3) is 0 Å². The Labute approximate surface area is 124 Å². The lowest BCUT2D eigenvalue weighted by Gasteiger charge is -2.09. The summed E-state index contributed by atoms with van der Waals surface area (Å²) in [7, 11) is 1.79. The summed E-state index contributed by atoms with van der Waals surface area (Å²) in [4.78, 5) is 0. The third-order valence-corrected chi connectivity index (χ3v) is 3.10. The second kappa shape index (κ2) is 6.81. The van der Waals surface area contributed by atoms with Crippen LogP contribution >= 0.6 is 15.9 Å². The smallest absolute Gasteiger partial charge is 0.127 e. The van der Waals surface area contributed by atoms with E-state index < -0.39 is 0 Å². The Morgan fingerprint density at radius 1 is 1.00 bits per heavy atom. The molecule has 0 aromatic heterocycles. The van der Waals surface area contributed by atoms with Crippen LogP contribution in [0.1, 0.15) is 11.1 Å². The summed E-state index contributed by atoms with van der Waals surface area (Å²) in [6, 6.07) is 9.04. The average Bonchev–Trinajstić information content (AvgIpc) is 2.35. The van der Waals surface area contributed by atoms with Crippen LogP contribution in [-0.4, -0.2) is 7.05 Å². The maximum absolute atomic E-state index is 13.4. The lowest BCUT2D eigenvalue weighted by Crippen LogP contribution is -2.06. The Morgan fingerprint density at radius 2 is 1.70 bits per heavy atom. The maximum Gasteiger partial charge on any atom is 0.127 e. The Balaban J connectivity index is 2.10. The molecule has 0 aliphatic heterocycles. The van der Waals surface area contributed by atoms with E-state index in [1.54, 1.807) is 19.2 Å². The highest BCUT2D eigenvalue weighted by molar-refractivity contribution is 9.10. The molecule has 1 N–H and O–H groups in total. The van der Waals surface area contributed by atoms with Crippen molar-refractivity contribution in [3.8, 4) is 5.75 Å². The third-order valence-electron chi connectivity index (χ3n) is 2.64. The highest BCUT2D eigenvalue weighted by Gasteiger charge is 2.04. The van der Waals surface area contributed by atoms with Gasteiger partial charge < -0.3 is 10.1 Å². The average molecular weight is 342 g/mol. The minimum absolute atomic E-state index is 0.179. The second-order valence-electron chi connectivity index (χ2n) is 4.39. The minimum atomic E-state index is -0.354. The zero-order chi connectivity index (χ0) is 14.5. The van der Waals surface area contributed by atoms with Gasteiger partial charge in [-0.2, -0.15) is 0 Å². The van der Waals surface area contributed by atoms with Crippen LogP contribution in [0.4, 0.5) is 8.78 Å². The summed E-state index contributed by atoms with van der Waals surface area (Å²) in [5, 5.41) is 2.95. The van der Waals surface area contributed by atoms with Crippen LogP contribution in [-0.2, 0) is 13.2 Å². The molecule has 0 radical (unpaired) electrons. The number of hydrogen-bond acceptors (Lipinski definition) is 2. The van der Waals surface area contributed by atoms with Crippen LogP contribution < -0.4 is 10.1 Å². The van der Waals surface area contributed by atoms with Crippen LogP contribution in [0.15, 0.2) is 40.9 Å². The van der Waals surface area contributed by atoms with E-state index in [2.05, 4.69) is 21.2 Å². The molecule has 0 bridgehead atoms. The molecule has 20 heavy (non-hydrogen) atoms. The molecule has 0 saturated heterocycles. The van der Waals surface area contributed by atoms with Crippen LogP contribution in [0.3, 0.4) is 0 Å². The Hall–Kier alpha value is -1.46. The van der Waals surface area contributed by atoms with Crippen molar-refractivity contribution in [1.29, 1.82) is 0 Å². The fraction of sp³-hybridized carbons (Fsp3) is 0.200. The molecule has 0 aliphatic rings. The molecule has 2 aromatic carbocycles. The van der Waals surface area contributed by atoms with Crippen molar-refractivity contribution >= 4 is 15.9 Å². The number of rotatable bonds is 5. The van der Waals surface area contributed by atoms with Gasteiger partial charge in [0.25, 0.3) is 0 Å². The first-order chi connectivity index (χ1) is 9.56. The van der Waals surface area contributed by atoms with E-state index in [0.717, 1.165) is 5.56 Å². The molecular formula is C15H14BrF2NO. The summed E-state index contributed by atoms with van der Waals surface area (Å²) in [5.41, 5.74) is 1.47. The van der Waals surface area contributed by atoms with Gasteiger partial charge in [-0.15, -0.1) is 0 Å². The third kappa shape index (κ3) is 4.28. The normalized spacial score (nSPS) is 10.6. The molecule has 0 spiro atoms. The van der Waals surface area contributed by atoms with Gasteiger partial charge in [0.05, 0.1) is 0 Å². The van der Waals surface area contributed by atoms with Crippen molar-refractivity contribution in [2.45, 2.75) is 13.2 Å². The van der Waals surface area contributed by atoms with Gasteiger partial charge in [0.2, 0.25) is 0 Å². The van der Waals surface area contributed by atoms with Gasteiger partial charge >= 0.3 is 0 Å². The Kier molecular flexibility index (Phi) is 5.09. The first-order valence-corrected chi connectivity index (χ1v) is 6.88. The highest BCUT2D eigenvalue weighted by Crippen LogP contribution is 2.20. The van der Waals surface area contributed by atoms with Crippen molar-refractivity contribution in [2.75, 3.05) is 7.05 Å². The van der Waals surface area contributed by atoms with Crippen molar-refractivity contribution in [1.82, 2.24) is 5.32 Å². The lowest BCUT2D eigenvalue weighted by atomic mass is 10.2. The summed E-state index contributed by atoms with van der Waals surface area (Å²) in [6.45, 7) is 0.735. The van der Waals surface area contributed by atoms with Gasteiger partial charge in [-0.05, 0) is 48.5 Å². The predicted octanol–water partition coefficient (Wildman–Crippen LogP) is 4.03. The Bertz CT molecular complexity index is 584. The molecule has 0 aliphatic carbocycles. The molecule has 2 aromatic rings. The number of hydrogen-bond donors (Lipinski definition) is 1. The second-order valence-corrected chi connectivity index (χ2v) is 5.31. The van der Waals surface area contributed by atoms with Gasteiger partial charge in [0.15, 0.2) is 0 Å². The lowest BCUT2D eigenvalue weighted by molar-refractivity contribution is 0.303. The zero-order valence-corrected chi connectivity index (χ0v) is 12.5. The van der Waals surface area contributed by atoms with Gasteiger partial charge in [-0.1, -0.05) is 15.9 Å². The summed E-state index contributed by atoms with van der Waals surface area (Å²) in [5.74, 6) is -0.267. The maximum atomic E-state index is 13.4. The molecule has 5 heteroatoms. The van der Waals surface area contributed by atoms with Gasteiger partial charge in [-0.3, -0.25) is 0 Å². The number of halogens is 3. The standard InChI is InChI=1S/C15H14BrF2NO/c1-19-8-10-3-14(18)7-15(5-10)20-9-11-2-12(16)6-13(17)4-11/h2-7,19H,8-9H2,1H3. The SMILES string of the molecule is CNCc1cc(F)cc(OCc2cc(F)cc(Br)c2)c1. The summed E-state index contributed by atoms with van der Waals surface area (Å²) in [6.07, 6.45) is 0. The fourth-order valence-corrected chi connectivity index (χ4v) is 2.38. The van der Waals surface area contributed by atoms with Crippen LogP contribution in [0.5, 0.6) is 5.75 Å². The van der Waals surface area contributed by atoms with Gasteiger partial charge in [-0.25, -0.2) is 8.78 Å². The molecule has 0 unspecified atom stereocenters. The molecule has 0 heterocycles. The molecule has 0 atom stereocenters. The quantitative estimate of drug-likeness (QED) is 0.886. The number of ether oxygens (including phenoxy) is 1. The largest absolute Gasteiger partial charge is 0.489 e. The summed E-state index contributed by atoms with van der Waals surface area (Å²) >= 11 is 3.22. The molecule has 0 fully saturated rings. The minimum Gasteiger partial charge on any atom is -0.489 e. The van der Waals surface area contributed by atoms with E-state index in [0.29, 0.717) is 22.3 Å². The molecule has 2 rings (SSSR count). The van der Waals surface area contributed by atoms with E-state index in [4.69, 9.17) is 4.74 Å². The van der Waals surface area contributed by atoms with E-state index in [1.807, 2.05) is 0 Å². The molecule has 2 nitrogen and oxygen atoms in total. The van der Waals surface area contributed by atoms with Crippen LogP contribution in [0.2, 0.25) is 0 Å². The van der Waals surface area contributed by atoms with Crippen molar-refractivity contribution in [3.63, 3.8) is 0 Å². The summed E-state index contributed by atoms with van der Waals surface area (Å²) < 4.78 is 32.8. The van der Waals surface area contributed by atoms with E-state index in [9.17, 15) is 8.78 Å². The highest BCUT2D eigenvalue weighted by atomic mass is 79.9. The van der Waals surface area contributed by atoms with E-state index >= 15 is 0 Å². The van der Waals surface area contributed by atoms with Crippen LogP contribution in [0, 0.1) is 11.6 Å². The first kappa shape index (κ1) is 14.9. The van der Waals surface area contributed by atoms with Gasteiger partial charge in [0, 0.05) is 17.1 Å². The van der Waals surface area contributed by atoms with Gasteiger partial charge in [0.1, 0.15) is 24.0 Å². The monoisotopic (exact) mass is 341 g/mol.